The molecule has 0 aliphatic carbocycles. The van der Waals surface area contributed by atoms with E-state index in [9.17, 15) is 9.59 Å². The number of carbonyl (C=O) groups is 1. The molecule has 0 bridgehead atoms. The van der Waals surface area contributed by atoms with Crippen LogP contribution in [0.15, 0.2) is 27.4 Å². The summed E-state index contributed by atoms with van der Waals surface area (Å²) in [5.41, 5.74) is 1.44. The van der Waals surface area contributed by atoms with Gasteiger partial charge >= 0.3 is 5.76 Å². The number of aromatic nitrogens is 1. The zero-order valence-electron chi connectivity index (χ0n) is 9.46. The van der Waals surface area contributed by atoms with E-state index < -0.39 is 11.2 Å². The zero-order valence-corrected chi connectivity index (χ0v) is 9.46. The van der Waals surface area contributed by atoms with Gasteiger partial charge in [-0.05, 0) is 38.5 Å². The SMILES string of the molecule is CC(=O)C(C)(C)c1ccc2oc(=O)[nH]c2c1. The summed E-state index contributed by atoms with van der Waals surface area (Å²) in [5.74, 6) is -0.398. The van der Waals surface area contributed by atoms with Crippen LogP contribution in [0.25, 0.3) is 11.1 Å². The van der Waals surface area contributed by atoms with Crippen molar-refractivity contribution in [3.8, 4) is 0 Å². The number of fused-ring (bicyclic) bond motifs is 1. The third-order valence-electron chi connectivity index (χ3n) is 3.02. The zero-order chi connectivity index (χ0) is 11.9. The Bertz CT molecular complexity index is 604. The summed E-state index contributed by atoms with van der Waals surface area (Å²) in [6.45, 7) is 5.27. The van der Waals surface area contributed by atoms with Gasteiger partial charge in [-0.2, -0.15) is 0 Å². The minimum atomic E-state index is -0.553. The molecule has 0 atom stereocenters. The highest BCUT2D eigenvalue weighted by Crippen LogP contribution is 2.26. The summed E-state index contributed by atoms with van der Waals surface area (Å²) in [4.78, 5) is 25.1. The Morgan fingerprint density at radius 3 is 2.69 bits per heavy atom. The van der Waals surface area contributed by atoms with Crippen LogP contribution in [0.1, 0.15) is 26.3 Å². The molecule has 1 aromatic carbocycles. The normalized spacial score (nSPS) is 11.9. The molecule has 0 fully saturated rings. The largest absolute Gasteiger partial charge is 0.417 e. The average molecular weight is 219 g/mol. The van der Waals surface area contributed by atoms with E-state index in [1.54, 1.807) is 25.1 Å². The fourth-order valence-corrected chi connectivity index (χ4v) is 1.54. The molecule has 1 N–H and O–H groups in total. The van der Waals surface area contributed by atoms with E-state index in [1.807, 2.05) is 13.8 Å². The number of carbonyl (C=O) groups excluding carboxylic acids is 1. The maximum absolute atomic E-state index is 11.5. The van der Waals surface area contributed by atoms with Crippen molar-refractivity contribution in [2.75, 3.05) is 0 Å². The standard InChI is InChI=1S/C12H13NO3/c1-7(14)12(2,3)8-4-5-10-9(6-8)13-11(15)16-10/h4-6H,1-3H3,(H,13,15). The molecular formula is C12H13NO3. The van der Waals surface area contributed by atoms with E-state index in [4.69, 9.17) is 4.42 Å². The number of H-pyrrole nitrogens is 1. The van der Waals surface area contributed by atoms with Gasteiger partial charge in [0.1, 0.15) is 5.78 Å². The second kappa shape index (κ2) is 3.33. The summed E-state index contributed by atoms with van der Waals surface area (Å²) in [6, 6.07) is 5.29. The lowest BCUT2D eigenvalue weighted by molar-refractivity contribution is -0.121. The van der Waals surface area contributed by atoms with E-state index in [2.05, 4.69) is 4.98 Å². The summed E-state index contributed by atoms with van der Waals surface area (Å²) < 4.78 is 4.90. The highest BCUT2D eigenvalue weighted by atomic mass is 16.4. The van der Waals surface area contributed by atoms with Crippen LogP contribution in [-0.2, 0) is 10.2 Å². The number of Topliss-reactive ketones (excluding diaryl/α,β-unsaturated/α-hetero) is 1. The Labute approximate surface area is 92.3 Å². The molecule has 1 heterocycles. The fourth-order valence-electron chi connectivity index (χ4n) is 1.54. The third kappa shape index (κ3) is 1.56. The molecule has 0 saturated heterocycles. The number of aromatic amines is 1. The molecule has 1 aromatic heterocycles. The lowest BCUT2D eigenvalue weighted by Crippen LogP contribution is -2.26. The molecule has 16 heavy (non-hydrogen) atoms. The van der Waals surface area contributed by atoms with Gasteiger partial charge in [-0.15, -0.1) is 0 Å². The Hall–Kier alpha value is -1.84. The molecule has 84 valence electrons. The molecule has 0 aliphatic heterocycles. The minimum absolute atomic E-state index is 0.0812. The van der Waals surface area contributed by atoms with Gasteiger partial charge < -0.3 is 4.42 Å². The molecule has 0 saturated carbocycles. The van der Waals surface area contributed by atoms with Crippen molar-refractivity contribution in [1.82, 2.24) is 4.98 Å². The van der Waals surface area contributed by atoms with Crippen LogP contribution in [0, 0.1) is 0 Å². The van der Waals surface area contributed by atoms with E-state index in [-0.39, 0.29) is 5.78 Å². The molecule has 0 aliphatic rings. The number of rotatable bonds is 2. The van der Waals surface area contributed by atoms with Crippen LogP contribution in [0.5, 0.6) is 0 Å². The first-order valence-electron chi connectivity index (χ1n) is 5.05. The van der Waals surface area contributed by atoms with Crippen LogP contribution >= 0.6 is 0 Å². The van der Waals surface area contributed by atoms with Gasteiger partial charge in [0.25, 0.3) is 0 Å². The van der Waals surface area contributed by atoms with Crippen molar-refractivity contribution in [3.05, 3.63) is 34.3 Å². The Kier molecular flexibility index (Phi) is 2.22. The lowest BCUT2D eigenvalue weighted by atomic mass is 9.81. The predicted octanol–water partition coefficient (Wildman–Crippen LogP) is 1.99. The van der Waals surface area contributed by atoms with Crippen molar-refractivity contribution in [3.63, 3.8) is 0 Å². The van der Waals surface area contributed by atoms with Crippen LogP contribution in [0.2, 0.25) is 0 Å². The van der Waals surface area contributed by atoms with Crippen molar-refractivity contribution >= 4 is 16.9 Å². The average Bonchev–Trinajstić information content (AvgIpc) is 2.56. The molecule has 2 rings (SSSR count). The molecule has 0 radical (unpaired) electrons. The second-order valence-corrected chi connectivity index (χ2v) is 4.41. The molecule has 0 amide bonds. The topological polar surface area (TPSA) is 63.1 Å². The van der Waals surface area contributed by atoms with Crippen molar-refractivity contribution in [1.29, 1.82) is 0 Å². The predicted molar refractivity (Wildman–Crippen MR) is 60.5 cm³/mol. The number of ketones is 1. The van der Waals surface area contributed by atoms with Gasteiger partial charge in [-0.1, -0.05) is 6.07 Å². The Morgan fingerprint density at radius 2 is 2.06 bits per heavy atom. The number of benzene rings is 1. The summed E-state index contributed by atoms with van der Waals surface area (Å²) in [5, 5.41) is 0. The molecule has 0 spiro atoms. The first-order chi connectivity index (χ1) is 7.41. The van der Waals surface area contributed by atoms with E-state index in [0.29, 0.717) is 11.1 Å². The van der Waals surface area contributed by atoms with E-state index in [0.717, 1.165) is 5.56 Å². The smallest absolute Gasteiger partial charge is 0.408 e. The molecular weight excluding hydrogens is 206 g/mol. The number of hydrogen-bond donors (Lipinski definition) is 1. The van der Waals surface area contributed by atoms with E-state index in [1.165, 1.54) is 0 Å². The van der Waals surface area contributed by atoms with E-state index >= 15 is 0 Å². The minimum Gasteiger partial charge on any atom is -0.408 e. The van der Waals surface area contributed by atoms with Crippen molar-refractivity contribution in [2.24, 2.45) is 0 Å². The molecule has 4 nitrogen and oxygen atoms in total. The highest BCUT2D eigenvalue weighted by Gasteiger charge is 2.26. The maximum Gasteiger partial charge on any atom is 0.417 e. The quantitative estimate of drug-likeness (QED) is 0.840. The number of oxazole rings is 1. The van der Waals surface area contributed by atoms with Gasteiger partial charge in [0.2, 0.25) is 0 Å². The van der Waals surface area contributed by atoms with Gasteiger partial charge in [0, 0.05) is 5.41 Å². The van der Waals surface area contributed by atoms with Crippen LogP contribution < -0.4 is 5.76 Å². The van der Waals surface area contributed by atoms with Crippen molar-refractivity contribution in [2.45, 2.75) is 26.2 Å². The summed E-state index contributed by atoms with van der Waals surface area (Å²) in [6.07, 6.45) is 0. The second-order valence-electron chi connectivity index (χ2n) is 4.41. The molecule has 0 unspecified atom stereocenters. The third-order valence-corrected chi connectivity index (χ3v) is 3.02. The number of hydrogen-bond acceptors (Lipinski definition) is 3. The lowest BCUT2D eigenvalue weighted by Gasteiger charge is -2.21. The first-order valence-corrected chi connectivity index (χ1v) is 5.05. The van der Waals surface area contributed by atoms with Crippen molar-refractivity contribution < 1.29 is 9.21 Å². The maximum atomic E-state index is 11.5. The van der Waals surface area contributed by atoms with Crippen LogP contribution in [-0.4, -0.2) is 10.8 Å². The summed E-state index contributed by atoms with van der Waals surface area (Å²) in [7, 11) is 0. The monoisotopic (exact) mass is 219 g/mol. The Balaban J connectivity index is 2.63. The first kappa shape index (κ1) is 10.7. The van der Waals surface area contributed by atoms with Gasteiger partial charge in [0.05, 0.1) is 5.52 Å². The van der Waals surface area contributed by atoms with Gasteiger partial charge in [-0.25, -0.2) is 4.79 Å². The molecule has 4 heteroatoms. The summed E-state index contributed by atoms with van der Waals surface area (Å²) >= 11 is 0. The van der Waals surface area contributed by atoms with Gasteiger partial charge in [-0.3, -0.25) is 9.78 Å². The fraction of sp³-hybridized carbons (Fsp3) is 0.333. The number of nitrogens with one attached hydrogen (secondary N) is 1. The molecule has 2 aromatic rings. The van der Waals surface area contributed by atoms with Crippen LogP contribution in [0.4, 0.5) is 0 Å². The highest BCUT2D eigenvalue weighted by molar-refractivity contribution is 5.88. The van der Waals surface area contributed by atoms with Gasteiger partial charge in [0.15, 0.2) is 5.58 Å². The Morgan fingerprint density at radius 1 is 1.38 bits per heavy atom. The van der Waals surface area contributed by atoms with Crippen LogP contribution in [0.3, 0.4) is 0 Å².